The van der Waals surface area contributed by atoms with E-state index >= 15 is 0 Å². The van der Waals surface area contributed by atoms with Crippen LogP contribution in [0, 0.1) is 0 Å². The maximum absolute atomic E-state index is 12.5. The third-order valence-corrected chi connectivity index (χ3v) is 4.62. The van der Waals surface area contributed by atoms with Crippen molar-refractivity contribution in [1.82, 2.24) is 10.2 Å². The number of piperazine rings is 1. The van der Waals surface area contributed by atoms with E-state index in [2.05, 4.69) is 22.3 Å². The van der Waals surface area contributed by atoms with E-state index in [9.17, 15) is 4.79 Å². The third kappa shape index (κ3) is 3.35. The monoisotopic (exact) mass is 303 g/mol. The fraction of sp³-hybridized carbons (Fsp3) is 0.588. The lowest BCUT2D eigenvalue weighted by Gasteiger charge is -2.38. The molecule has 0 unspecified atom stereocenters. The molecule has 0 radical (unpaired) electrons. The molecule has 2 heterocycles. The molecule has 0 aromatic heterocycles. The third-order valence-electron chi connectivity index (χ3n) is 4.62. The Morgan fingerprint density at radius 2 is 2.05 bits per heavy atom. The molecule has 2 saturated heterocycles. The smallest absolute Gasteiger partial charge is 0.239 e. The number of ether oxygens (including phenoxy) is 1. The quantitative estimate of drug-likeness (QED) is 0.919. The lowest BCUT2D eigenvalue weighted by Crippen LogP contribution is -2.55. The van der Waals surface area contributed by atoms with Crippen LogP contribution >= 0.6 is 0 Å². The Morgan fingerprint density at radius 3 is 2.73 bits per heavy atom. The van der Waals surface area contributed by atoms with E-state index in [4.69, 9.17) is 4.74 Å². The zero-order valence-corrected chi connectivity index (χ0v) is 13.3. The van der Waals surface area contributed by atoms with Crippen LogP contribution in [0.4, 0.5) is 5.69 Å². The highest BCUT2D eigenvalue weighted by atomic mass is 16.5. The summed E-state index contributed by atoms with van der Waals surface area (Å²) < 4.78 is 5.28. The Labute approximate surface area is 132 Å². The first kappa shape index (κ1) is 15.2. The summed E-state index contributed by atoms with van der Waals surface area (Å²) in [6.07, 6.45) is 3.33. The van der Waals surface area contributed by atoms with E-state index in [0.717, 1.165) is 51.3 Å². The molecular formula is C17H25N3O2. The maximum Gasteiger partial charge on any atom is 0.239 e. The Morgan fingerprint density at radius 1 is 1.23 bits per heavy atom. The van der Waals surface area contributed by atoms with Gasteiger partial charge in [0.15, 0.2) is 0 Å². The summed E-state index contributed by atoms with van der Waals surface area (Å²) in [6, 6.07) is 8.16. The van der Waals surface area contributed by atoms with Crippen molar-refractivity contribution in [2.45, 2.75) is 25.3 Å². The van der Waals surface area contributed by atoms with E-state index in [0.29, 0.717) is 0 Å². The van der Waals surface area contributed by atoms with E-state index in [1.165, 1.54) is 12.1 Å². The van der Waals surface area contributed by atoms with Gasteiger partial charge in [-0.15, -0.1) is 0 Å². The average molecular weight is 303 g/mol. The number of hydrogen-bond acceptors (Lipinski definition) is 4. The molecule has 1 amide bonds. The van der Waals surface area contributed by atoms with Gasteiger partial charge in [-0.2, -0.15) is 0 Å². The van der Waals surface area contributed by atoms with Gasteiger partial charge in [-0.05, 0) is 31.5 Å². The zero-order chi connectivity index (χ0) is 15.4. The minimum atomic E-state index is 0.0390. The predicted molar refractivity (Wildman–Crippen MR) is 87.4 cm³/mol. The van der Waals surface area contributed by atoms with E-state index in [-0.39, 0.29) is 11.9 Å². The number of rotatable bonds is 3. The van der Waals surface area contributed by atoms with Crippen LogP contribution in [0.2, 0.25) is 0 Å². The molecule has 22 heavy (non-hydrogen) atoms. The van der Waals surface area contributed by atoms with Crippen LogP contribution in [0.1, 0.15) is 19.3 Å². The molecule has 3 rings (SSSR count). The minimum Gasteiger partial charge on any atom is -0.497 e. The van der Waals surface area contributed by atoms with Crippen molar-refractivity contribution in [3.8, 4) is 5.75 Å². The van der Waals surface area contributed by atoms with E-state index in [1.54, 1.807) is 7.11 Å². The van der Waals surface area contributed by atoms with Crippen LogP contribution in [0.5, 0.6) is 5.75 Å². The predicted octanol–water partition coefficient (Wildman–Crippen LogP) is 1.49. The Kier molecular flexibility index (Phi) is 4.83. The molecule has 120 valence electrons. The number of nitrogens with one attached hydrogen (secondary N) is 1. The van der Waals surface area contributed by atoms with Crippen LogP contribution in [0.15, 0.2) is 24.3 Å². The number of carbonyl (C=O) groups excluding carboxylic acids is 1. The second-order valence-corrected chi connectivity index (χ2v) is 6.02. The topological polar surface area (TPSA) is 44.8 Å². The zero-order valence-electron chi connectivity index (χ0n) is 13.3. The van der Waals surface area contributed by atoms with Crippen molar-refractivity contribution in [3.05, 3.63) is 24.3 Å². The fourth-order valence-electron chi connectivity index (χ4n) is 3.28. The number of amides is 1. The van der Waals surface area contributed by atoms with Crippen molar-refractivity contribution in [3.63, 3.8) is 0 Å². The molecule has 0 saturated carbocycles. The molecule has 1 aromatic carbocycles. The number of methoxy groups -OCH3 is 1. The standard InChI is InChI=1S/C17H25N3O2/c1-22-15-6-4-5-14(13-15)19-9-11-20(12-10-19)17(21)16-7-2-3-8-18-16/h4-6,13,16,18H,2-3,7-12H2,1H3/t16-/m0/s1. The van der Waals surface area contributed by atoms with Crippen LogP contribution in [-0.4, -0.2) is 56.7 Å². The first-order valence-electron chi connectivity index (χ1n) is 8.19. The van der Waals surface area contributed by atoms with Crippen molar-refractivity contribution in [2.75, 3.05) is 44.7 Å². The Hall–Kier alpha value is -1.75. The second-order valence-electron chi connectivity index (χ2n) is 6.02. The van der Waals surface area contributed by atoms with E-state index < -0.39 is 0 Å². The van der Waals surface area contributed by atoms with Gasteiger partial charge in [-0.1, -0.05) is 12.5 Å². The number of hydrogen-bond donors (Lipinski definition) is 1. The van der Waals surface area contributed by atoms with Gasteiger partial charge in [0.05, 0.1) is 13.2 Å². The molecule has 0 aliphatic carbocycles. The lowest BCUT2D eigenvalue weighted by molar-refractivity contribution is -0.134. The van der Waals surface area contributed by atoms with Crippen molar-refractivity contribution < 1.29 is 9.53 Å². The molecule has 5 nitrogen and oxygen atoms in total. The van der Waals surface area contributed by atoms with Crippen LogP contribution in [-0.2, 0) is 4.79 Å². The molecule has 1 aromatic rings. The van der Waals surface area contributed by atoms with Gasteiger partial charge in [0.1, 0.15) is 5.75 Å². The van der Waals surface area contributed by atoms with Gasteiger partial charge < -0.3 is 19.9 Å². The first-order chi connectivity index (χ1) is 10.8. The summed E-state index contributed by atoms with van der Waals surface area (Å²) in [5.41, 5.74) is 1.17. The van der Waals surface area contributed by atoms with Crippen molar-refractivity contribution >= 4 is 11.6 Å². The highest BCUT2D eigenvalue weighted by Crippen LogP contribution is 2.22. The summed E-state index contributed by atoms with van der Waals surface area (Å²) in [5, 5.41) is 3.35. The SMILES string of the molecule is COc1cccc(N2CCN(C(=O)[C@@H]3CCCCN3)CC2)c1. The molecule has 1 N–H and O–H groups in total. The van der Waals surface area contributed by atoms with Crippen LogP contribution in [0.25, 0.3) is 0 Å². The Bertz CT molecular complexity index is 506. The summed E-state index contributed by atoms with van der Waals surface area (Å²) in [6.45, 7) is 4.33. The van der Waals surface area contributed by atoms with E-state index in [1.807, 2.05) is 17.0 Å². The van der Waals surface area contributed by atoms with Gasteiger partial charge in [0.2, 0.25) is 5.91 Å². The first-order valence-corrected chi connectivity index (χ1v) is 8.19. The van der Waals surface area contributed by atoms with Gasteiger partial charge in [0, 0.05) is 37.9 Å². The largest absolute Gasteiger partial charge is 0.497 e. The average Bonchev–Trinajstić information content (AvgIpc) is 2.62. The van der Waals surface area contributed by atoms with Gasteiger partial charge >= 0.3 is 0 Å². The molecule has 0 bridgehead atoms. The highest BCUT2D eigenvalue weighted by Gasteiger charge is 2.28. The Balaban J connectivity index is 1.56. The van der Waals surface area contributed by atoms with Crippen molar-refractivity contribution in [1.29, 1.82) is 0 Å². The summed E-state index contributed by atoms with van der Waals surface area (Å²) in [7, 11) is 1.69. The van der Waals surface area contributed by atoms with Gasteiger partial charge in [-0.25, -0.2) is 0 Å². The summed E-state index contributed by atoms with van der Waals surface area (Å²) in [5.74, 6) is 1.16. The lowest BCUT2D eigenvalue weighted by atomic mass is 10.0. The molecular weight excluding hydrogens is 278 g/mol. The molecule has 1 atom stereocenters. The van der Waals surface area contributed by atoms with Gasteiger partial charge in [0.25, 0.3) is 0 Å². The van der Waals surface area contributed by atoms with Crippen LogP contribution < -0.4 is 15.0 Å². The molecule has 5 heteroatoms. The van der Waals surface area contributed by atoms with Crippen LogP contribution in [0.3, 0.4) is 0 Å². The number of anilines is 1. The maximum atomic E-state index is 12.5. The minimum absolute atomic E-state index is 0.0390. The number of carbonyl (C=O) groups is 1. The molecule has 2 aliphatic rings. The normalized spacial score (nSPS) is 22.5. The number of nitrogens with zero attached hydrogens (tertiary/aromatic N) is 2. The highest BCUT2D eigenvalue weighted by molar-refractivity contribution is 5.82. The van der Waals surface area contributed by atoms with Gasteiger partial charge in [-0.3, -0.25) is 4.79 Å². The molecule has 2 fully saturated rings. The second kappa shape index (κ2) is 7.01. The number of piperidine rings is 1. The fourth-order valence-corrected chi connectivity index (χ4v) is 3.28. The number of benzene rings is 1. The summed E-state index contributed by atoms with van der Waals surface area (Å²) in [4.78, 5) is 16.9. The summed E-state index contributed by atoms with van der Waals surface area (Å²) >= 11 is 0. The molecule has 0 spiro atoms. The molecule has 2 aliphatic heterocycles. The van der Waals surface area contributed by atoms with Crippen molar-refractivity contribution in [2.24, 2.45) is 0 Å².